The Labute approximate surface area is 294 Å². The number of aliphatic carboxylic acids is 1. The minimum Gasteiger partial charge on any atom is -0.479 e. The van der Waals surface area contributed by atoms with Crippen LogP contribution in [0.4, 0.5) is 0 Å². The maximum atomic E-state index is 12.3. The van der Waals surface area contributed by atoms with Crippen LogP contribution in [0.3, 0.4) is 0 Å². The quantitative estimate of drug-likeness (QED) is 0.0499. The number of nitrogens with two attached hydrogens (primary N) is 4. The van der Waals surface area contributed by atoms with E-state index in [1.54, 1.807) is 0 Å². The second kappa shape index (κ2) is 16.6. The molecule has 4 rings (SSSR count). The first-order chi connectivity index (χ1) is 24.3. The number of likely N-dealkylation sites (N-methyl/N-ethyl adjacent to an activating group) is 1. The smallest absolute Gasteiger partial charge is 0.335 e. The van der Waals surface area contributed by atoms with Crippen LogP contribution in [0, 0.1) is 0 Å². The molecule has 3 aliphatic heterocycles. The molecule has 3 saturated heterocycles. The van der Waals surface area contributed by atoms with Crippen molar-refractivity contribution in [3.63, 3.8) is 0 Å². The number of nitrogens with zero attached hydrogens (tertiary/aromatic N) is 2. The summed E-state index contributed by atoms with van der Waals surface area (Å²) in [6, 6.07) is -4.52. The Kier molecular flexibility index (Phi) is 13.3. The number of carbonyl (C=O) groups excluding carboxylic acids is 1. The summed E-state index contributed by atoms with van der Waals surface area (Å²) >= 11 is 0. The highest BCUT2D eigenvalue weighted by atomic mass is 16.8. The molecule has 3 heterocycles. The summed E-state index contributed by atoms with van der Waals surface area (Å²) in [5.41, 5.74) is 19.4. The van der Waals surface area contributed by atoms with Crippen LogP contribution < -0.4 is 28.3 Å². The Morgan fingerprint density at radius 2 is 1.37 bits per heavy atom. The lowest BCUT2D eigenvalue weighted by molar-refractivity contribution is -0.354. The predicted molar refractivity (Wildman–Crippen MR) is 166 cm³/mol. The summed E-state index contributed by atoms with van der Waals surface area (Å²) in [5.74, 6) is -2.85. The molecule has 25 heteroatoms. The number of aliphatic imine (C=N–C) groups is 2. The van der Waals surface area contributed by atoms with Crippen molar-refractivity contribution in [2.75, 3.05) is 13.7 Å². The maximum absolute atomic E-state index is 12.3. The fourth-order valence-electron chi connectivity index (χ4n) is 6.55. The van der Waals surface area contributed by atoms with Gasteiger partial charge in [-0.3, -0.25) is 4.79 Å². The van der Waals surface area contributed by atoms with Crippen molar-refractivity contribution >= 4 is 24.2 Å². The minimum absolute atomic E-state index is 0.0679. The number of nitrogens with one attached hydrogen (secondary N) is 1. The molecule has 1 saturated carbocycles. The molecule has 0 aromatic heterocycles. The molecule has 19 N–H and O–H groups in total. The number of hydrogen-bond acceptors (Lipinski definition) is 20. The van der Waals surface area contributed by atoms with Crippen LogP contribution in [-0.2, 0) is 38.0 Å². The molecule has 0 radical (unpaired) electrons. The zero-order chi connectivity index (χ0) is 39.0. The molecular weight excluding hydrogens is 710 g/mol. The number of aldehydes is 1. The Morgan fingerprint density at radius 1 is 0.769 bits per heavy atom. The molecule has 4 aliphatic rings. The first-order valence-corrected chi connectivity index (χ1v) is 15.9. The topological polar surface area (TPSA) is 433 Å². The van der Waals surface area contributed by atoms with Gasteiger partial charge in [0.2, 0.25) is 0 Å². The molecule has 25 nitrogen and oxygen atoms in total. The van der Waals surface area contributed by atoms with Crippen molar-refractivity contribution in [1.82, 2.24) is 5.32 Å². The van der Waals surface area contributed by atoms with Gasteiger partial charge >= 0.3 is 5.97 Å². The van der Waals surface area contributed by atoms with Crippen molar-refractivity contribution in [2.24, 2.45) is 32.9 Å². The number of hydrogen-bond donors (Lipinski definition) is 15. The average molecular weight is 758 g/mol. The van der Waals surface area contributed by atoms with Gasteiger partial charge in [-0.1, -0.05) is 0 Å². The summed E-state index contributed by atoms with van der Waals surface area (Å²) in [4.78, 5) is 31.5. The van der Waals surface area contributed by atoms with Gasteiger partial charge in [-0.05, 0) is 14.0 Å². The van der Waals surface area contributed by atoms with E-state index >= 15 is 0 Å². The zero-order valence-corrected chi connectivity index (χ0v) is 27.7. The molecule has 52 heavy (non-hydrogen) atoms. The largest absolute Gasteiger partial charge is 0.479 e. The molecule has 20 atom stereocenters. The number of aliphatic hydroxyl groups excluding tert-OH is 8. The van der Waals surface area contributed by atoms with Gasteiger partial charge in [-0.25, -0.2) is 14.8 Å². The lowest BCUT2D eigenvalue weighted by Crippen LogP contribution is -2.68. The first kappa shape index (κ1) is 41.8. The summed E-state index contributed by atoms with van der Waals surface area (Å²) in [6.45, 7) is 0.334. The summed E-state index contributed by atoms with van der Waals surface area (Å²) in [7, 11) is 1.32. The molecule has 4 fully saturated rings. The number of carbonyl (C=O) groups is 2. The van der Waals surface area contributed by atoms with E-state index in [4.69, 9.17) is 51.4 Å². The standard InChI is InChI=1S/C27H47N7O18/c1-5-27(46,4-36)20(24(47-5)50-18-8(34-26(30)31)10(37)7(33-25(28)29)11(38)14(18)41)52-22-9(32-2)12(39)17(6(3-35)48-22)49-23-16(43)13(40)15(42)19(51-23)21(44)45/h4-20,22-24,32,35,37-43,46H,3H2,1-2H3,(H,44,45)(H4,28,29,33)(H4,30,31,34)/t5-,6-,7+,8-,9-,10+,11-,12-,13?,14+,15?,16?,17-,18+,19?,20-,22-,23?,24-,27+/m0/s1. The van der Waals surface area contributed by atoms with E-state index in [1.807, 2.05) is 0 Å². The number of ether oxygens (including phenoxy) is 6. The van der Waals surface area contributed by atoms with E-state index in [9.17, 15) is 60.7 Å². The Morgan fingerprint density at radius 3 is 1.90 bits per heavy atom. The van der Waals surface area contributed by atoms with Gasteiger partial charge in [-0.15, -0.1) is 0 Å². The van der Waals surface area contributed by atoms with Crippen molar-refractivity contribution in [1.29, 1.82) is 0 Å². The number of carboxylic acids is 1. The van der Waals surface area contributed by atoms with Crippen LogP contribution in [-0.4, -0.2) is 211 Å². The van der Waals surface area contributed by atoms with E-state index in [2.05, 4.69) is 15.3 Å². The molecule has 0 aromatic carbocycles. The number of aliphatic hydroxyl groups is 9. The second-order valence-electron chi connectivity index (χ2n) is 12.7. The van der Waals surface area contributed by atoms with Crippen molar-refractivity contribution in [3.05, 3.63) is 0 Å². The fourth-order valence-corrected chi connectivity index (χ4v) is 6.55. The Bertz CT molecular complexity index is 1310. The number of rotatable bonds is 12. The van der Waals surface area contributed by atoms with Crippen LogP contribution in [0.1, 0.15) is 6.92 Å². The van der Waals surface area contributed by atoms with Crippen molar-refractivity contribution in [3.8, 4) is 0 Å². The average Bonchev–Trinajstić information content (AvgIpc) is 3.32. The van der Waals surface area contributed by atoms with Gasteiger partial charge in [0.1, 0.15) is 79.2 Å². The molecular formula is C27H47N7O18. The Hall–Kier alpha value is -2.96. The van der Waals surface area contributed by atoms with Crippen molar-refractivity contribution in [2.45, 2.75) is 129 Å². The van der Waals surface area contributed by atoms with Crippen molar-refractivity contribution < 1.29 is 89.1 Å². The summed E-state index contributed by atoms with van der Waals surface area (Å²) in [6.07, 6.45) is -29.3. The van der Waals surface area contributed by atoms with Gasteiger partial charge in [0, 0.05) is 0 Å². The maximum Gasteiger partial charge on any atom is 0.335 e. The van der Waals surface area contributed by atoms with Gasteiger partial charge in [0.05, 0.1) is 18.8 Å². The Balaban J connectivity index is 1.62. The van der Waals surface area contributed by atoms with E-state index < -0.39 is 146 Å². The van der Waals surface area contributed by atoms with Crippen LogP contribution >= 0.6 is 0 Å². The van der Waals surface area contributed by atoms with Gasteiger partial charge < -0.3 is 108 Å². The molecule has 1 aliphatic carbocycles. The summed E-state index contributed by atoms with van der Waals surface area (Å²) in [5, 5.41) is 109. The molecule has 298 valence electrons. The van der Waals surface area contributed by atoms with E-state index in [0.29, 0.717) is 0 Å². The third-order valence-corrected chi connectivity index (χ3v) is 9.41. The van der Waals surface area contributed by atoms with Gasteiger partial charge in [0.15, 0.2) is 48.8 Å². The minimum atomic E-state index is -2.54. The fraction of sp³-hybridized carbons (Fsp3) is 0.852. The number of carboxylic acid groups (broad SMARTS) is 1. The molecule has 5 unspecified atom stereocenters. The highest BCUT2D eigenvalue weighted by molar-refractivity contribution is 5.76. The van der Waals surface area contributed by atoms with Gasteiger partial charge in [-0.2, -0.15) is 0 Å². The molecule has 0 spiro atoms. The lowest BCUT2D eigenvalue weighted by atomic mass is 9.81. The SMILES string of the molecule is CN[C@@H]1[C@H](O[C@H]2[C@H](O[C@H]3[C@H](O)[C@@H](O)[C@H](N=C(N)N)[C@@H](O)[C@@H]3N=C(N)N)O[C@@H](C)[C@]2(O)C=O)O[C@@H](CO)[C@H](OC2OC(C(=O)O)C(O)C(O)C2O)[C@H]1O. The first-order valence-electron chi connectivity index (χ1n) is 15.9. The highest BCUT2D eigenvalue weighted by Crippen LogP contribution is 2.39. The predicted octanol–water partition coefficient (Wildman–Crippen LogP) is -10.2. The molecule has 0 bridgehead atoms. The summed E-state index contributed by atoms with van der Waals surface area (Å²) < 4.78 is 34.1. The van der Waals surface area contributed by atoms with E-state index in [1.165, 1.54) is 14.0 Å². The monoisotopic (exact) mass is 757 g/mol. The third kappa shape index (κ3) is 7.94. The molecule has 0 amide bonds. The van der Waals surface area contributed by atoms with Crippen LogP contribution in [0.5, 0.6) is 0 Å². The van der Waals surface area contributed by atoms with E-state index in [-0.39, 0.29) is 6.29 Å². The normalized spacial score (nSPS) is 48.1. The molecule has 0 aromatic rings. The zero-order valence-electron chi connectivity index (χ0n) is 27.7. The van der Waals surface area contributed by atoms with Crippen LogP contribution in [0.15, 0.2) is 9.98 Å². The second-order valence-corrected chi connectivity index (χ2v) is 12.7. The third-order valence-electron chi connectivity index (χ3n) is 9.41. The van der Waals surface area contributed by atoms with Gasteiger partial charge in [0.25, 0.3) is 0 Å². The van der Waals surface area contributed by atoms with Crippen LogP contribution in [0.2, 0.25) is 0 Å². The highest BCUT2D eigenvalue weighted by Gasteiger charge is 2.61. The lowest BCUT2D eigenvalue weighted by Gasteiger charge is -2.48. The number of guanidine groups is 2. The van der Waals surface area contributed by atoms with E-state index in [0.717, 1.165) is 0 Å². The van der Waals surface area contributed by atoms with Crippen LogP contribution in [0.25, 0.3) is 0 Å².